The first-order valence-corrected chi connectivity index (χ1v) is 9.58. The maximum Gasteiger partial charge on any atom is 0.338 e. The van der Waals surface area contributed by atoms with E-state index >= 15 is 0 Å². The minimum atomic E-state index is -0.738. The second-order valence-corrected chi connectivity index (χ2v) is 6.54. The largest absolute Gasteiger partial charge is 0.338 e. The average molecular weight is 448 g/mol. The summed E-state index contributed by atoms with van der Waals surface area (Å²) in [5.74, 6) is -1.06. The lowest BCUT2D eigenvalue weighted by molar-refractivity contribution is 0.0931. The van der Waals surface area contributed by atoms with Crippen molar-refractivity contribution in [2.45, 2.75) is 6.92 Å². The van der Waals surface area contributed by atoms with Gasteiger partial charge in [-0.3, -0.25) is 30.4 Å². The van der Waals surface area contributed by atoms with E-state index in [2.05, 4.69) is 42.3 Å². The highest BCUT2D eigenvalue weighted by Crippen LogP contribution is 2.25. The Balaban J connectivity index is 1.56. The quantitative estimate of drug-likeness (QED) is 0.332. The fraction of sp³-hybridized carbons (Fsp3) is 0.0476. The number of hydrazine groups is 2. The highest BCUT2D eigenvalue weighted by atomic mass is 16.2. The number of hydrogen-bond donors (Lipinski definition) is 6. The molecule has 3 aromatic rings. The van der Waals surface area contributed by atoms with Crippen molar-refractivity contribution in [1.29, 1.82) is 0 Å². The van der Waals surface area contributed by atoms with E-state index in [1.165, 1.54) is 49.1 Å². The van der Waals surface area contributed by atoms with Gasteiger partial charge in [0.05, 0.1) is 11.4 Å². The molecule has 1 aromatic carbocycles. The maximum absolute atomic E-state index is 12.3. The van der Waals surface area contributed by atoms with E-state index in [1.807, 2.05) is 0 Å². The highest BCUT2D eigenvalue weighted by Gasteiger charge is 2.14. The van der Waals surface area contributed by atoms with Crippen LogP contribution in [-0.2, 0) is 0 Å². The number of amides is 6. The number of benzene rings is 1. The summed E-state index contributed by atoms with van der Waals surface area (Å²) in [6.07, 6.45) is 5.80. The fourth-order valence-electron chi connectivity index (χ4n) is 2.61. The molecule has 0 atom stereocenters. The summed E-state index contributed by atoms with van der Waals surface area (Å²) >= 11 is 0. The van der Waals surface area contributed by atoms with E-state index < -0.39 is 23.9 Å². The Morgan fingerprint density at radius 2 is 1.12 bits per heavy atom. The number of carbonyl (C=O) groups is 4. The summed E-state index contributed by atoms with van der Waals surface area (Å²) in [6.45, 7) is 1.72. The molecule has 0 aliphatic heterocycles. The smallest absolute Gasteiger partial charge is 0.305 e. The Kier molecular flexibility index (Phi) is 7.46. The van der Waals surface area contributed by atoms with Crippen molar-refractivity contribution in [2.75, 3.05) is 10.6 Å². The van der Waals surface area contributed by atoms with Gasteiger partial charge in [-0.1, -0.05) is 12.1 Å². The topological polar surface area (TPSA) is 166 Å². The van der Waals surface area contributed by atoms with Crippen LogP contribution in [0.5, 0.6) is 0 Å². The SMILES string of the molecule is Cc1cccc(NC(=O)NNC(=O)c2ccncc2)c1NC(=O)NNC(=O)c1ccncc1. The summed E-state index contributed by atoms with van der Waals surface area (Å²) < 4.78 is 0. The number of carbonyl (C=O) groups excluding carboxylic acids is 4. The molecule has 168 valence electrons. The molecule has 12 heteroatoms. The van der Waals surface area contributed by atoms with Gasteiger partial charge in [0, 0.05) is 35.9 Å². The summed E-state index contributed by atoms with van der Waals surface area (Å²) in [7, 11) is 0. The monoisotopic (exact) mass is 448 g/mol. The molecule has 12 nitrogen and oxygen atoms in total. The van der Waals surface area contributed by atoms with Gasteiger partial charge in [-0.25, -0.2) is 20.4 Å². The van der Waals surface area contributed by atoms with Gasteiger partial charge < -0.3 is 10.6 Å². The van der Waals surface area contributed by atoms with Crippen LogP contribution in [0.25, 0.3) is 0 Å². The number of nitrogens with zero attached hydrogens (tertiary/aromatic N) is 2. The summed E-state index contributed by atoms with van der Waals surface area (Å²) in [6, 6.07) is 9.44. The Hall–Kier alpha value is -5.00. The van der Waals surface area contributed by atoms with Gasteiger partial charge in [0.1, 0.15) is 0 Å². The zero-order chi connectivity index (χ0) is 23.6. The molecule has 0 saturated carbocycles. The Morgan fingerprint density at radius 1 is 0.636 bits per heavy atom. The van der Waals surface area contributed by atoms with Crippen LogP contribution < -0.4 is 32.3 Å². The third-order valence-electron chi connectivity index (χ3n) is 4.22. The summed E-state index contributed by atoms with van der Waals surface area (Å²) in [5.41, 5.74) is 10.8. The molecule has 6 amide bonds. The van der Waals surface area contributed by atoms with E-state index in [0.717, 1.165) is 0 Å². The summed E-state index contributed by atoms with van der Waals surface area (Å²) in [4.78, 5) is 56.2. The first-order valence-electron chi connectivity index (χ1n) is 9.58. The molecule has 0 saturated heterocycles. The molecular formula is C21H20N8O4. The number of para-hydroxylation sites is 1. The molecule has 2 heterocycles. The van der Waals surface area contributed by atoms with Gasteiger partial charge in [-0.15, -0.1) is 0 Å². The molecule has 0 unspecified atom stereocenters. The van der Waals surface area contributed by atoms with Crippen LogP contribution in [0.1, 0.15) is 26.3 Å². The number of aryl methyl sites for hydroxylation is 1. The van der Waals surface area contributed by atoms with E-state index in [0.29, 0.717) is 22.4 Å². The lowest BCUT2D eigenvalue weighted by Gasteiger charge is -2.16. The third-order valence-corrected chi connectivity index (χ3v) is 4.22. The molecule has 0 aliphatic rings. The minimum absolute atomic E-state index is 0.265. The van der Waals surface area contributed by atoms with Crippen molar-refractivity contribution in [1.82, 2.24) is 31.7 Å². The van der Waals surface area contributed by atoms with E-state index in [-0.39, 0.29) is 5.69 Å². The van der Waals surface area contributed by atoms with E-state index in [9.17, 15) is 19.2 Å². The van der Waals surface area contributed by atoms with Gasteiger partial charge in [0.25, 0.3) is 11.8 Å². The number of anilines is 2. The van der Waals surface area contributed by atoms with Gasteiger partial charge >= 0.3 is 12.1 Å². The summed E-state index contributed by atoms with van der Waals surface area (Å²) in [5, 5.41) is 5.11. The first kappa shape index (κ1) is 22.7. The second-order valence-electron chi connectivity index (χ2n) is 6.54. The molecule has 0 radical (unpaired) electrons. The predicted molar refractivity (Wildman–Crippen MR) is 119 cm³/mol. The van der Waals surface area contributed by atoms with Gasteiger partial charge in [0.15, 0.2) is 0 Å². The molecule has 33 heavy (non-hydrogen) atoms. The van der Waals surface area contributed by atoms with Crippen LogP contribution >= 0.6 is 0 Å². The van der Waals surface area contributed by atoms with Gasteiger partial charge in [-0.2, -0.15) is 0 Å². The molecule has 2 aromatic heterocycles. The zero-order valence-corrected chi connectivity index (χ0v) is 17.4. The number of urea groups is 2. The van der Waals surface area contributed by atoms with Crippen LogP contribution in [0.15, 0.2) is 67.3 Å². The van der Waals surface area contributed by atoms with E-state index in [4.69, 9.17) is 0 Å². The van der Waals surface area contributed by atoms with Crippen LogP contribution in [-0.4, -0.2) is 33.8 Å². The number of pyridine rings is 2. The van der Waals surface area contributed by atoms with Crippen molar-refractivity contribution in [2.24, 2.45) is 0 Å². The number of rotatable bonds is 4. The van der Waals surface area contributed by atoms with Crippen molar-refractivity contribution in [3.05, 3.63) is 83.9 Å². The van der Waals surface area contributed by atoms with Crippen LogP contribution in [0.2, 0.25) is 0 Å². The molecular weight excluding hydrogens is 428 g/mol. The Labute approximate surface area is 188 Å². The normalized spacial score (nSPS) is 9.85. The number of nitrogens with one attached hydrogen (secondary N) is 6. The third kappa shape index (κ3) is 6.49. The minimum Gasteiger partial charge on any atom is -0.305 e. The van der Waals surface area contributed by atoms with E-state index in [1.54, 1.807) is 25.1 Å². The maximum atomic E-state index is 12.3. The highest BCUT2D eigenvalue weighted by molar-refractivity contribution is 6.02. The number of aromatic nitrogens is 2. The van der Waals surface area contributed by atoms with Crippen LogP contribution in [0.3, 0.4) is 0 Å². The molecule has 3 rings (SSSR count). The van der Waals surface area contributed by atoms with Crippen molar-refractivity contribution < 1.29 is 19.2 Å². The zero-order valence-electron chi connectivity index (χ0n) is 17.4. The van der Waals surface area contributed by atoms with Crippen LogP contribution in [0, 0.1) is 6.92 Å². The standard InChI is InChI=1S/C21H20N8O4/c1-13-3-2-4-16(24-20(32)28-26-18(30)14-5-9-22-10-6-14)17(13)25-21(33)29-27-19(31)15-7-11-23-12-8-15/h2-12H,1H3,(H,26,30)(H,27,31)(H2,24,28,32)(H2,25,29,33). The fourth-order valence-corrected chi connectivity index (χ4v) is 2.61. The molecule has 0 spiro atoms. The van der Waals surface area contributed by atoms with Gasteiger partial charge in [0.2, 0.25) is 0 Å². The van der Waals surface area contributed by atoms with Crippen molar-refractivity contribution in [3.8, 4) is 0 Å². The van der Waals surface area contributed by atoms with Crippen LogP contribution in [0.4, 0.5) is 21.0 Å². The predicted octanol–water partition coefficient (Wildman–Crippen LogP) is 1.72. The Morgan fingerprint density at radius 3 is 1.64 bits per heavy atom. The average Bonchev–Trinajstić information content (AvgIpc) is 2.84. The number of hydrogen-bond acceptors (Lipinski definition) is 6. The molecule has 0 fully saturated rings. The van der Waals surface area contributed by atoms with Crippen molar-refractivity contribution in [3.63, 3.8) is 0 Å². The molecule has 6 N–H and O–H groups in total. The molecule has 0 aliphatic carbocycles. The second kappa shape index (κ2) is 10.9. The molecule has 0 bridgehead atoms. The first-order chi connectivity index (χ1) is 15.9. The van der Waals surface area contributed by atoms with Gasteiger partial charge in [-0.05, 0) is 42.8 Å². The lowest BCUT2D eigenvalue weighted by atomic mass is 10.1. The van der Waals surface area contributed by atoms with Crippen molar-refractivity contribution >= 4 is 35.3 Å². The lowest BCUT2D eigenvalue weighted by Crippen LogP contribution is -2.45. The Bertz CT molecular complexity index is 1160.